The number of amides is 1. The van der Waals surface area contributed by atoms with E-state index in [1.54, 1.807) is 19.3 Å². The Kier molecular flexibility index (Phi) is 3.36. The van der Waals surface area contributed by atoms with Gasteiger partial charge in [0.05, 0.1) is 4.88 Å². The molecule has 0 aliphatic rings. The van der Waals surface area contributed by atoms with Crippen molar-refractivity contribution in [2.45, 2.75) is 0 Å². The van der Waals surface area contributed by atoms with Crippen LogP contribution in [0.2, 0.25) is 0 Å². The number of carbonyl (C=O) groups is 1. The Labute approximate surface area is 106 Å². The number of nitrogens with zero attached hydrogens (tertiary/aromatic N) is 2. The highest BCUT2D eigenvalue weighted by molar-refractivity contribution is 9.10. The van der Waals surface area contributed by atoms with Crippen molar-refractivity contribution in [1.29, 1.82) is 0 Å². The number of pyridine rings is 1. The first kappa shape index (κ1) is 11.3. The van der Waals surface area contributed by atoms with Crippen LogP contribution in [0.3, 0.4) is 0 Å². The van der Waals surface area contributed by atoms with E-state index in [9.17, 15) is 4.79 Å². The van der Waals surface area contributed by atoms with Crippen LogP contribution in [0.4, 0.5) is 5.82 Å². The molecular formula is C11H9BrN2OS. The Morgan fingerprint density at radius 3 is 2.81 bits per heavy atom. The highest BCUT2D eigenvalue weighted by Crippen LogP contribution is 2.17. The number of aromatic nitrogens is 1. The van der Waals surface area contributed by atoms with Crippen LogP contribution in [0.5, 0.6) is 0 Å². The third kappa shape index (κ3) is 2.31. The molecule has 0 saturated heterocycles. The van der Waals surface area contributed by atoms with Crippen LogP contribution in [-0.2, 0) is 0 Å². The fourth-order valence-electron chi connectivity index (χ4n) is 1.24. The second-order valence-electron chi connectivity index (χ2n) is 3.18. The topological polar surface area (TPSA) is 33.2 Å². The average Bonchev–Trinajstić information content (AvgIpc) is 2.81. The lowest BCUT2D eigenvalue weighted by atomic mass is 10.4. The number of thiophene rings is 1. The van der Waals surface area contributed by atoms with E-state index in [0.717, 1.165) is 4.47 Å². The van der Waals surface area contributed by atoms with Crippen molar-refractivity contribution in [3.05, 3.63) is 45.2 Å². The van der Waals surface area contributed by atoms with Gasteiger partial charge in [-0.2, -0.15) is 0 Å². The lowest BCUT2D eigenvalue weighted by Crippen LogP contribution is -2.26. The van der Waals surface area contributed by atoms with Crippen molar-refractivity contribution < 1.29 is 4.79 Å². The van der Waals surface area contributed by atoms with E-state index in [1.165, 1.54) is 16.2 Å². The van der Waals surface area contributed by atoms with Crippen LogP contribution >= 0.6 is 27.3 Å². The zero-order chi connectivity index (χ0) is 11.5. The smallest absolute Gasteiger partial charge is 0.269 e. The second kappa shape index (κ2) is 4.76. The van der Waals surface area contributed by atoms with E-state index < -0.39 is 0 Å². The molecule has 2 heterocycles. The third-order valence-electron chi connectivity index (χ3n) is 2.09. The average molecular weight is 297 g/mol. The van der Waals surface area contributed by atoms with E-state index in [2.05, 4.69) is 20.9 Å². The number of hydrogen-bond acceptors (Lipinski definition) is 3. The molecular weight excluding hydrogens is 288 g/mol. The highest BCUT2D eigenvalue weighted by atomic mass is 79.9. The molecule has 82 valence electrons. The van der Waals surface area contributed by atoms with E-state index in [-0.39, 0.29) is 5.91 Å². The summed E-state index contributed by atoms with van der Waals surface area (Å²) in [7, 11) is 1.72. The Hall–Kier alpha value is -1.20. The number of carbonyl (C=O) groups excluding carboxylic acids is 1. The first-order chi connectivity index (χ1) is 7.68. The molecule has 0 spiro atoms. The van der Waals surface area contributed by atoms with Crippen LogP contribution in [0.15, 0.2) is 40.3 Å². The number of anilines is 1. The molecule has 2 rings (SSSR count). The van der Waals surface area contributed by atoms with Gasteiger partial charge in [0.15, 0.2) is 0 Å². The van der Waals surface area contributed by atoms with Gasteiger partial charge >= 0.3 is 0 Å². The molecule has 0 aromatic carbocycles. The summed E-state index contributed by atoms with van der Waals surface area (Å²) in [4.78, 5) is 18.4. The lowest BCUT2D eigenvalue weighted by Gasteiger charge is -2.14. The molecule has 5 heteroatoms. The summed E-state index contributed by atoms with van der Waals surface area (Å²) >= 11 is 4.74. The van der Waals surface area contributed by atoms with Gasteiger partial charge in [0.1, 0.15) is 5.82 Å². The maximum atomic E-state index is 12.0. The van der Waals surface area contributed by atoms with Gasteiger partial charge in [0.25, 0.3) is 5.91 Å². The normalized spacial score (nSPS) is 10.1. The van der Waals surface area contributed by atoms with Crippen LogP contribution < -0.4 is 4.90 Å². The Morgan fingerprint density at radius 1 is 1.44 bits per heavy atom. The fourth-order valence-corrected chi connectivity index (χ4v) is 2.17. The highest BCUT2D eigenvalue weighted by Gasteiger charge is 2.14. The summed E-state index contributed by atoms with van der Waals surface area (Å²) in [6, 6.07) is 7.33. The quantitative estimate of drug-likeness (QED) is 0.853. The van der Waals surface area contributed by atoms with Gasteiger partial charge in [-0.15, -0.1) is 11.3 Å². The van der Waals surface area contributed by atoms with Crippen molar-refractivity contribution in [2.75, 3.05) is 11.9 Å². The van der Waals surface area contributed by atoms with Crippen LogP contribution in [0, 0.1) is 0 Å². The maximum Gasteiger partial charge on any atom is 0.269 e. The third-order valence-corrected chi connectivity index (χ3v) is 3.42. The van der Waals surface area contributed by atoms with Gasteiger partial charge in [-0.05, 0) is 39.5 Å². The lowest BCUT2D eigenvalue weighted by molar-refractivity contribution is 0.0996. The van der Waals surface area contributed by atoms with Gasteiger partial charge in [0.2, 0.25) is 0 Å². The standard InChI is InChI=1S/C11H9BrN2OS/c1-14(10-5-4-8(12)7-13-10)11(15)9-3-2-6-16-9/h2-7H,1H3. The molecule has 0 fully saturated rings. The summed E-state index contributed by atoms with van der Waals surface area (Å²) in [5.41, 5.74) is 0. The van der Waals surface area contributed by atoms with Crippen molar-refractivity contribution in [2.24, 2.45) is 0 Å². The Morgan fingerprint density at radius 2 is 2.25 bits per heavy atom. The monoisotopic (exact) mass is 296 g/mol. The first-order valence-electron chi connectivity index (χ1n) is 4.61. The first-order valence-corrected chi connectivity index (χ1v) is 6.29. The summed E-state index contributed by atoms with van der Waals surface area (Å²) in [6.45, 7) is 0. The zero-order valence-electron chi connectivity index (χ0n) is 8.55. The zero-order valence-corrected chi connectivity index (χ0v) is 11.0. The van der Waals surface area contributed by atoms with Crippen molar-refractivity contribution in [3.8, 4) is 0 Å². The summed E-state index contributed by atoms with van der Waals surface area (Å²) in [5, 5.41) is 1.89. The van der Waals surface area contributed by atoms with Crippen LogP contribution in [-0.4, -0.2) is 17.9 Å². The van der Waals surface area contributed by atoms with Crippen LogP contribution in [0.1, 0.15) is 9.67 Å². The summed E-state index contributed by atoms with van der Waals surface area (Å²) in [6.07, 6.45) is 1.67. The molecule has 0 saturated carbocycles. The predicted octanol–water partition coefficient (Wildman–Crippen LogP) is 3.18. The fraction of sp³-hybridized carbons (Fsp3) is 0.0909. The van der Waals surface area contributed by atoms with Gasteiger partial charge in [0, 0.05) is 17.7 Å². The molecule has 0 aliphatic heterocycles. The minimum atomic E-state index is -0.0372. The minimum Gasteiger partial charge on any atom is -0.295 e. The van der Waals surface area contributed by atoms with Gasteiger partial charge in [-0.1, -0.05) is 6.07 Å². The van der Waals surface area contributed by atoms with E-state index in [0.29, 0.717) is 10.7 Å². The molecule has 1 amide bonds. The molecule has 0 N–H and O–H groups in total. The van der Waals surface area contributed by atoms with E-state index in [4.69, 9.17) is 0 Å². The van der Waals surface area contributed by atoms with E-state index >= 15 is 0 Å². The second-order valence-corrected chi connectivity index (χ2v) is 5.04. The van der Waals surface area contributed by atoms with Crippen molar-refractivity contribution in [3.63, 3.8) is 0 Å². The molecule has 3 nitrogen and oxygen atoms in total. The molecule has 0 atom stereocenters. The molecule has 0 radical (unpaired) electrons. The SMILES string of the molecule is CN(C(=O)c1cccs1)c1ccc(Br)cn1. The minimum absolute atomic E-state index is 0.0372. The molecule has 0 bridgehead atoms. The largest absolute Gasteiger partial charge is 0.295 e. The number of rotatable bonds is 2. The maximum absolute atomic E-state index is 12.0. The van der Waals surface area contributed by atoms with Crippen molar-refractivity contribution in [1.82, 2.24) is 4.98 Å². The predicted molar refractivity (Wildman–Crippen MR) is 69.0 cm³/mol. The van der Waals surface area contributed by atoms with Crippen molar-refractivity contribution >= 4 is 39.0 Å². The molecule has 0 unspecified atom stereocenters. The summed E-state index contributed by atoms with van der Waals surface area (Å²) in [5.74, 6) is 0.603. The van der Waals surface area contributed by atoms with Gasteiger partial charge < -0.3 is 0 Å². The number of hydrogen-bond donors (Lipinski definition) is 0. The molecule has 16 heavy (non-hydrogen) atoms. The molecule has 0 aliphatic carbocycles. The Bertz CT molecular complexity index is 481. The van der Waals surface area contributed by atoms with Gasteiger partial charge in [-0.3, -0.25) is 9.69 Å². The molecule has 2 aromatic heterocycles. The number of halogens is 1. The van der Waals surface area contributed by atoms with Gasteiger partial charge in [-0.25, -0.2) is 4.98 Å². The van der Waals surface area contributed by atoms with Crippen LogP contribution in [0.25, 0.3) is 0 Å². The molecule has 2 aromatic rings. The Balaban J connectivity index is 2.22. The summed E-state index contributed by atoms with van der Waals surface area (Å²) < 4.78 is 0.897. The van der Waals surface area contributed by atoms with E-state index in [1.807, 2.05) is 23.6 Å².